The van der Waals surface area contributed by atoms with Crippen molar-refractivity contribution in [2.24, 2.45) is 0 Å². The molecule has 1 aliphatic heterocycles. The Kier molecular flexibility index (Phi) is 6.01. The van der Waals surface area contributed by atoms with E-state index in [4.69, 9.17) is 4.74 Å². The van der Waals surface area contributed by atoms with Crippen LogP contribution in [0.3, 0.4) is 0 Å². The fraction of sp³-hybridized carbons (Fsp3) is 0.350. The van der Waals surface area contributed by atoms with Crippen LogP contribution in [0, 0.1) is 0 Å². The van der Waals surface area contributed by atoms with Gasteiger partial charge < -0.3 is 9.64 Å². The summed E-state index contributed by atoms with van der Waals surface area (Å²) in [6.45, 7) is 0.340. The normalized spacial score (nSPS) is 15.6. The predicted octanol–water partition coefficient (Wildman–Crippen LogP) is 4.78. The standard InChI is InChI=1S/C20H20F3NO3/c21-20(22,23)27-17-9-11-24(12-10-17)19(25)26-18-8-4-7-16(14-18)13-15-5-2-1-3-6-15/h1-8,14,17H,9-13H2. The van der Waals surface area contributed by atoms with E-state index in [2.05, 4.69) is 4.74 Å². The van der Waals surface area contributed by atoms with Crippen LogP contribution in [0.25, 0.3) is 0 Å². The van der Waals surface area contributed by atoms with Gasteiger partial charge >= 0.3 is 12.5 Å². The van der Waals surface area contributed by atoms with Gasteiger partial charge in [0, 0.05) is 13.1 Å². The Morgan fingerprint density at radius 2 is 1.67 bits per heavy atom. The molecule has 0 saturated carbocycles. The molecule has 144 valence electrons. The van der Waals surface area contributed by atoms with E-state index in [0.29, 0.717) is 12.2 Å². The van der Waals surface area contributed by atoms with Gasteiger partial charge in [-0.3, -0.25) is 4.74 Å². The molecule has 0 radical (unpaired) electrons. The number of carbonyl (C=O) groups excluding carboxylic acids is 1. The van der Waals surface area contributed by atoms with Crippen LogP contribution in [0.1, 0.15) is 24.0 Å². The zero-order valence-electron chi connectivity index (χ0n) is 14.6. The number of carbonyl (C=O) groups is 1. The average molecular weight is 379 g/mol. The van der Waals surface area contributed by atoms with Crippen molar-refractivity contribution in [2.45, 2.75) is 31.7 Å². The maximum absolute atomic E-state index is 12.3. The summed E-state index contributed by atoms with van der Waals surface area (Å²) in [5.41, 5.74) is 2.15. The van der Waals surface area contributed by atoms with Gasteiger partial charge in [0.05, 0.1) is 6.10 Å². The molecular weight excluding hydrogens is 359 g/mol. The number of amides is 1. The molecule has 0 bridgehead atoms. The van der Waals surface area contributed by atoms with Crippen molar-refractivity contribution in [3.8, 4) is 5.75 Å². The summed E-state index contributed by atoms with van der Waals surface area (Å²) in [7, 11) is 0. The quantitative estimate of drug-likeness (QED) is 0.768. The van der Waals surface area contributed by atoms with Crippen LogP contribution < -0.4 is 4.74 Å². The molecule has 0 unspecified atom stereocenters. The highest BCUT2D eigenvalue weighted by Gasteiger charge is 2.35. The zero-order chi connectivity index (χ0) is 19.3. The lowest BCUT2D eigenvalue weighted by molar-refractivity contribution is -0.345. The number of ether oxygens (including phenoxy) is 2. The SMILES string of the molecule is O=C(Oc1cccc(Cc2ccccc2)c1)N1CCC(OC(F)(F)F)CC1. The van der Waals surface area contributed by atoms with Gasteiger partial charge in [-0.15, -0.1) is 13.2 Å². The topological polar surface area (TPSA) is 38.8 Å². The van der Waals surface area contributed by atoms with Gasteiger partial charge in [0.2, 0.25) is 0 Å². The third-order valence-electron chi connectivity index (χ3n) is 4.36. The minimum atomic E-state index is -4.65. The van der Waals surface area contributed by atoms with Crippen molar-refractivity contribution in [3.63, 3.8) is 0 Å². The molecule has 1 heterocycles. The fourth-order valence-corrected chi connectivity index (χ4v) is 3.06. The molecule has 27 heavy (non-hydrogen) atoms. The second kappa shape index (κ2) is 8.43. The monoisotopic (exact) mass is 379 g/mol. The highest BCUT2D eigenvalue weighted by molar-refractivity contribution is 5.70. The molecule has 1 saturated heterocycles. The van der Waals surface area contributed by atoms with Crippen LogP contribution in [-0.2, 0) is 11.2 Å². The van der Waals surface area contributed by atoms with Gasteiger partial charge in [0.15, 0.2) is 0 Å². The van der Waals surface area contributed by atoms with E-state index in [1.807, 2.05) is 42.5 Å². The lowest BCUT2D eigenvalue weighted by Gasteiger charge is -2.31. The third-order valence-corrected chi connectivity index (χ3v) is 4.36. The van der Waals surface area contributed by atoms with E-state index in [1.165, 1.54) is 4.90 Å². The number of nitrogens with zero attached hydrogens (tertiary/aromatic N) is 1. The van der Waals surface area contributed by atoms with Crippen LogP contribution in [0.5, 0.6) is 5.75 Å². The second-order valence-electron chi connectivity index (χ2n) is 6.43. The Morgan fingerprint density at radius 3 is 2.33 bits per heavy atom. The summed E-state index contributed by atoms with van der Waals surface area (Å²) in [5, 5.41) is 0. The van der Waals surface area contributed by atoms with Crippen LogP contribution in [0.15, 0.2) is 54.6 Å². The number of likely N-dealkylation sites (tertiary alicyclic amines) is 1. The fourth-order valence-electron chi connectivity index (χ4n) is 3.06. The first-order chi connectivity index (χ1) is 12.9. The van der Waals surface area contributed by atoms with Crippen LogP contribution in [0.4, 0.5) is 18.0 Å². The summed E-state index contributed by atoms with van der Waals surface area (Å²) >= 11 is 0. The second-order valence-corrected chi connectivity index (χ2v) is 6.43. The van der Waals surface area contributed by atoms with E-state index in [9.17, 15) is 18.0 Å². The molecule has 0 spiro atoms. The first-order valence-electron chi connectivity index (χ1n) is 8.73. The molecule has 0 aromatic heterocycles. The maximum atomic E-state index is 12.3. The number of hydrogen-bond donors (Lipinski definition) is 0. The molecule has 7 heteroatoms. The van der Waals surface area contributed by atoms with Gasteiger partial charge in [0.25, 0.3) is 0 Å². The lowest BCUT2D eigenvalue weighted by Crippen LogP contribution is -2.43. The van der Waals surface area contributed by atoms with Gasteiger partial charge in [-0.1, -0.05) is 42.5 Å². The number of benzene rings is 2. The van der Waals surface area contributed by atoms with Crippen molar-refractivity contribution in [2.75, 3.05) is 13.1 Å². The van der Waals surface area contributed by atoms with Crippen molar-refractivity contribution in [1.82, 2.24) is 4.90 Å². The van der Waals surface area contributed by atoms with E-state index in [-0.39, 0.29) is 25.9 Å². The molecule has 0 N–H and O–H groups in total. The van der Waals surface area contributed by atoms with Crippen molar-refractivity contribution < 1.29 is 27.4 Å². The van der Waals surface area contributed by atoms with E-state index >= 15 is 0 Å². The van der Waals surface area contributed by atoms with Gasteiger partial charge in [-0.05, 0) is 42.5 Å². The van der Waals surface area contributed by atoms with E-state index in [1.54, 1.807) is 12.1 Å². The smallest absolute Gasteiger partial charge is 0.410 e. The molecular formula is C20H20F3NO3. The lowest BCUT2D eigenvalue weighted by atomic mass is 10.1. The molecule has 1 fully saturated rings. The largest absolute Gasteiger partial charge is 0.522 e. The number of rotatable bonds is 4. The van der Waals surface area contributed by atoms with Crippen LogP contribution in [0.2, 0.25) is 0 Å². The molecule has 4 nitrogen and oxygen atoms in total. The average Bonchev–Trinajstić information content (AvgIpc) is 2.62. The van der Waals surface area contributed by atoms with Gasteiger partial charge in [0.1, 0.15) is 5.75 Å². The van der Waals surface area contributed by atoms with Gasteiger partial charge in [-0.25, -0.2) is 4.79 Å². The Bertz CT molecular complexity index is 757. The van der Waals surface area contributed by atoms with Crippen molar-refractivity contribution in [1.29, 1.82) is 0 Å². The summed E-state index contributed by atoms with van der Waals surface area (Å²) in [6.07, 6.45) is -5.15. The van der Waals surface area contributed by atoms with E-state index < -0.39 is 18.6 Å². The summed E-state index contributed by atoms with van der Waals surface area (Å²) in [4.78, 5) is 13.7. The molecule has 0 aliphatic carbocycles. The highest BCUT2D eigenvalue weighted by Crippen LogP contribution is 2.25. The van der Waals surface area contributed by atoms with Crippen LogP contribution >= 0.6 is 0 Å². The zero-order valence-corrected chi connectivity index (χ0v) is 14.6. The summed E-state index contributed by atoms with van der Waals surface area (Å²) in [5.74, 6) is 0.419. The molecule has 2 aromatic rings. The molecule has 3 rings (SSSR count). The first kappa shape index (κ1) is 19.2. The Balaban J connectivity index is 1.53. The Morgan fingerprint density at radius 1 is 1.00 bits per heavy atom. The molecule has 1 amide bonds. The summed E-state index contributed by atoms with van der Waals surface area (Å²) in [6, 6.07) is 17.2. The number of piperidine rings is 1. The number of hydrogen-bond acceptors (Lipinski definition) is 3. The maximum Gasteiger partial charge on any atom is 0.522 e. The third kappa shape index (κ3) is 5.99. The summed E-state index contributed by atoms with van der Waals surface area (Å²) < 4.78 is 46.2. The van der Waals surface area contributed by atoms with E-state index in [0.717, 1.165) is 11.1 Å². The number of alkyl halides is 3. The molecule has 0 atom stereocenters. The molecule has 2 aromatic carbocycles. The minimum Gasteiger partial charge on any atom is -0.410 e. The molecule has 1 aliphatic rings. The number of halogens is 3. The minimum absolute atomic E-state index is 0.128. The Labute approximate surface area is 155 Å². The van der Waals surface area contributed by atoms with Crippen molar-refractivity contribution in [3.05, 3.63) is 65.7 Å². The van der Waals surface area contributed by atoms with Gasteiger partial charge in [-0.2, -0.15) is 0 Å². The highest BCUT2D eigenvalue weighted by atomic mass is 19.4. The Hall–Kier alpha value is -2.54. The van der Waals surface area contributed by atoms with Crippen molar-refractivity contribution >= 4 is 6.09 Å². The predicted molar refractivity (Wildman–Crippen MR) is 93.4 cm³/mol. The van der Waals surface area contributed by atoms with Crippen LogP contribution in [-0.4, -0.2) is 36.5 Å². The first-order valence-corrected chi connectivity index (χ1v) is 8.73.